The molecule has 1 aromatic heterocycles. The average molecular weight is 315 g/mol. The lowest BCUT2D eigenvalue weighted by atomic mass is 10.2. The van der Waals surface area contributed by atoms with Crippen molar-refractivity contribution < 1.29 is 0 Å². The number of nitrogens with zero attached hydrogens (tertiary/aromatic N) is 4. The Bertz CT molecular complexity index is 582. The quantitative estimate of drug-likeness (QED) is 0.642. The van der Waals surface area contributed by atoms with Gasteiger partial charge < -0.3 is 0 Å². The summed E-state index contributed by atoms with van der Waals surface area (Å²) in [4.78, 5) is 0. The fraction of sp³-hybridized carbons (Fsp3) is 0.417. The Morgan fingerprint density at radius 3 is 2.68 bits per heavy atom. The van der Waals surface area contributed by atoms with Gasteiger partial charge in [0.1, 0.15) is 4.33 Å². The molecule has 0 N–H and O–H groups in total. The summed E-state index contributed by atoms with van der Waals surface area (Å²) in [5, 5.41) is 12.6. The van der Waals surface area contributed by atoms with Crippen LogP contribution in [0.2, 0.25) is 0 Å². The minimum Gasteiger partial charge on any atom is -0.188 e. The Morgan fingerprint density at radius 2 is 2.05 bits per heavy atom. The van der Waals surface area contributed by atoms with Crippen LogP contribution < -0.4 is 0 Å². The van der Waals surface area contributed by atoms with Gasteiger partial charge in [0.05, 0.1) is 5.69 Å². The third-order valence-corrected chi connectivity index (χ3v) is 5.10. The molecule has 4 nitrogen and oxygen atoms in total. The molecule has 0 spiro atoms. The van der Waals surface area contributed by atoms with Gasteiger partial charge in [-0.1, -0.05) is 29.5 Å². The monoisotopic (exact) mass is 314 g/mol. The molecule has 1 saturated carbocycles. The summed E-state index contributed by atoms with van der Waals surface area (Å²) in [6.45, 7) is 2.05. The standard InChI is InChI=1S/C12H12Cl2N4S/c1-8-2-4-10(5-3-8)18-11(15-16-17-18)19-7-9-6-12(9,13)14/h2-5,9H,6-7H2,1H3. The molecule has 0 aliphatic heterocycles. The lowest BCUT2D eigenvalue weighted by Crippen LogP contribution is -2.00. The van der Waals surface area contributed by atoms with E-state index in [4.69, 9.17) is 23.2 Å². The Hall–Kier alpha value is -0.780. The highest BCUT2D eigenvalue weighted by molar-refractivity contribution is 7.99. The average Bonchev–Trinajstić information content (AvgIpc) is 2.79. The second-order valence-corrected chi connectivity index (χ2v) is 7.21. The number of aryl methyl sites for hydroxylation is 1. The third kappa shape index (κ3) is 2.88. The largest absolute Gasteiger partial charge is 0.214 e. The highest BCUT2D eigenvalue weighted by Crippen LogP contribution is 2.54. The van der Waals surface area contributed by atoms with Gasteiger partial charge in [-0.2, -0.15) is 4.68 Å². The molecule has 1 aliphatic rings. The molecule has 0 saturated heterocycles. The number of tetrazole rings is 1. The number of halogens is 2. The van der Waals surface area contributed by atoms with Crippen LogP contribution in [-0.2, 0) is 0 Å². The molecule has 1 aromatic carbocycles. The van der Waals surface area contributed by atoms with Crippen molar-refractivity contribution in [3.8, 4) is 5.69 Å². The summed E-state index contributed by atoms with van der Waals surface area (Å²) in [5.41, 5.74) is 2.16. The van der Waals surface area contributed by atoms with Gasteiger partial charge in [-0.15, -0.1) is 28.3 Å². The first-order valence-corrected chi connectivity index (χ1v) is 7.66. The van der Waals surface area contributed by atoms with E-state index in [9.17, 15) is 0 Å². The van der Waals surface area contributed by atoms with E-state index in [0.717, 1.165) is 23.0 Å². The maximum Gasteiger partial charge on any atom is 0.214 e. The second kappa shape index (κ2) is 4.96. The number of hydrogen-bond acceptors (Lipinski definition) is 4. The van der Waals surface area contributed by atoms with Crippen LogP contribution in [-0.4, -0.2) is 30.3 Å². The summed E-state index contributed by atoms with van der Waals surface area (Å²) in [5.74, 6) is 1.16. The Labute approximate surface area is 125 Å². The SMILES string of the molecule is Cc1ccc(-n2nnnc2SCC2CC2(Cl)Cl)cc1. The van der Waals surface area contributed by atoms with Crippen LogP contribution in [0.15, 0.2) is 29.4 Å². The molecule has 3 rings (SSSR count). The van der Waals surface area contributed by atoms with E-state index >= 15 is 0 Å². The number of aromatic nitrogens is 4. The van der Waals surface area contributed by atoms with Crippen LogP contribution >= 0.6 is 35.0 Å². The van der Waals surface area contributed by atoms with E-state index in [-0.39, 0.29) is 0 Å². The van der Waals surface area contributed by atoms with Gasteiger partial charge in [-0.05, 0) is 35.9 Å². The molecule has 1 unspecified atom stereocenters. The topological polar surface area (TPSA) is 43.6 Å². The molecule has 7 heteroatoms. The van der Waals surface area contributed by atoms with Crippen molar-refractivity contribution >= 4 is 35.0 Å². The van der Waals surface area contributed by atoms with Crippen molar-refractivity contribution in [2.45, 2.75) is 22.8 Å². The highest BCUT2D eigenvalue weighted by atomic mass is 35.5. The van der Waals surface area contributed by atoms with Crippen LogP contribution in [0.25, 0.3) is 5.69 Å². The van der Waals surface area contributed by atoms with Gasteiger partial charge in [0.25, 0.3) is 0 Å². The van der Waals surface area contributed by atoms with Crippen molar-refractivity contribution in [2.24, 2.45) is 5.92 Å². The maximum absolute atomic E-state index is 6.02. The van der Waals surface area contributed by atoms with Crippen molar-refractivity contribution in [3.05, 3.63) is 29.8 Å². The maximum atomic E-state index is 6.02. The van der Waals surface area contributed by atoms with E-state index < -0.39 is 4.33 Å². The van der Waals surface area contributed by atoms with Gasteiger partial charge in [0, 0.05) is 11.7 Å². The molecule has 1 heterocycles. The molecule has 1 aliphatic carbocycles. The first-order chi connectivity index (χ1) is 9.06. The van der Waals surface area contributed by atoms with Crippen LogP contribution in [0.3, 0.4) is 0 Å². The van der Waals surface area contributed by atoms with Gasteiger partial charge in [0.15, 0.2) is 0 Å². The van der Waals surface area contributed by atoms with E-state index in [1.54, 1.807) is 16.4 Å². The summed E-state index contributed by atoms with van der Waals surface area (Å²) < 4.78 is 1.19. The van der Waals surface area contributed by atoms with Gasteiger partial charge in [0.2, 0.25) is 5.16 Å². The molecular weight excluding hydrogens is 303 g/mol. The summed E-state index contributed by atoms with van der Waals surface area (Å²) in [6, 6.07) is 8.07. The van der Waals surface area contributed by atoms with Crippen LogP contribution in [0.1, 0.15) is 12.0 Å². The van der Waals surface area contributed by atoms with Crippen molar-refractivity contribution in [1.82, 2.24) is 20.2 Å². The second-order valence-electron chi connectivity index (χ2n) is 4.68. The number of benzene rings is 1. The molecule has 19 heavy (non-hydrogen) atoms. The van der Waals surface area contributed by atoms with Gasteiger partial charge >= 0.3 is 0 Å². The van der Waals surface area contributed by atoms with E-state index in [2.05, 4.69) is 15.5 Å². The number of thioether (sulfide) groups is 1. The zero-order valence-electron chi connectivity index (χ0n) is 10.3. The van der Waals surface area contributed by atoms with Crippen molar-refractivity contribution in [3.63, 3.8) is 0 Å². The normalized spacial score (nSPS) is 20.5. The Kier molecular flexibility index (Phi) is 3.45. The summed E-state index contributed by atoms with van der Waals surface area (Å²) >= 11 is 13.6. The zero-order valence-corrected chi connectivity index (χ0v) is 12.6. The van der Waals surface area contributed by atoms with Crippen LogP contribution in [0.5, 0.6) is 0 Å². The van der Waals surface area contributed by atoms with Gasteiger partial charge in [-0.3, -0.25) is 0 Å². The first-order valence-electron chi connectivity index (χ1n) is 5.92. The molecule has 2 aromatic rings. The van der Waals surface area contributed by atoms with Crippen LogP contribution in [0, 0.1) is 12.8 Å². The van der Waals surface area contributed by atoms with E-state index in [0.29, 0.717) is 5.92 Å². The minimum absolute atomic E-state index is 0.323. The molecule has 0 bridgehead atoms. The highest BCUT2D eigenvalue weighted by Gasteiger charge is 2.51. The molecule has 0 radical (unpaired) electrons. The zero-order chi connectivity index (χ0) is 13.5. The molecule has 1 fully saturated rings. The van der Waals surface area contributed by atoms with E-state index in [1.165, 1.54) is 5.56 Å². The molecule has 100 valence electrons. The first kappa shape index (κ1) is 13.2. The van der Waals surface area contributed by atoms with Crippen LogP contribution in [0.4, 0.5) is 0 Å². The minimum atomic E-state index is -0.546. The van der Waals surface area contributed by atoms with Crippen molar-refractivity contribution in [1.29, 1.82) is 0 Å². The Balaban J connectivity index is 1.73. The molecular formula is C12H12Cl2N4S. The molecule has 0 amide bonds. The lowest BCUT2D eigenvalue weighted by molar-refractivity contribution is 0.755. The predicted octanol–water partition coefficient (Wildman–Crippen LogP) is 3.26. The predicted molar refractivity (Wildman–Crippen MR) is 77.2 cm³/mol. The number of hydrogen-bond donors (Lipinski definition) is 0. The Morgan fingerprint density at radius 1 is 1.37 bits per heavy atom. The summed E-state index contributed by atoms with van der Waals surface area (Å²) in [7, 11) is 0. The van der Waals surface area contributed by atoms with E-state index in [1.807, 2.05) is 31.2 Å². The fourth-order valence-electron chi connectivity index (χ4n) is 1.74. The fourth-order valence-corrected chi connectivity index (χ4v) is 3.56. The van der Waals surface area contributed by atoms with Gasteiger partial charge in [-0.25, -0.2) is 0 Å². The van der Waals surface area contributed by atoms with Crippen molar-refractivity contribution in [2.75, 3.05) is 5.75 Å². The summed E-state index contributed by atoms with van der Waals surface area (Å²) in [6.07, 6.45) is 0.842. The number of alkyl halides is 2. The molecule has 1 atom stereocenters. The number of rotatable bonds is 4. The third-order valence-electron chi connectivity index (χ3n) is 3.09. The lowest BCUT2D eigenvalue weighted by Gasteiger charge is -2.04. The smallest absolute Gasteiger partial charge is 0.188 e.